The number of hydrogen-bond donors (Lipinski definition) is 0. The topological polar surface area (TPSA) is 3.24 Å². The molecule has 1 saturated heterocycles. The highest BCUT2D eigenvalue weighted by atomic mass is 32.1. The van der Waals surface area contributed by atoms with E-state index in [9.17, 15) is 0 Å². The maximum Gasteiger partial charge on any atom is 0.0452 e. The molecule has 1 aliphatic heterocycles. The van der Waals surface area contributed by atoms with Crippen LogP contribution in [-0.4, -0.2) is 13.1 Å². The van der Waals surface area contributed by atoms with E-state index in [1.54, 1.807) is 11.3 Å². The fourth-order valence-corrected chi connectivity index (χ4v) is 4.15. The molecule has 0 N–H and O–H groups in total. The first-order valence-electron chi connectivity index (χ1n) is 8.39. The third-order valence-corrected chi connectivity index (χ3v) is 5.32. The van der Waals surface area contributed by atoms with E-state index in [4.69, 9.17) is 0 Å². The van der Waals surface area contributed by atoms with Crippen molar-refractivity contribution in [2.24, 2.45) is 0 Å². The first kappa shape index (κ1) is 14.5. The van der Waals surface area contributed by atoms with Gasteiger partial charge in [0.25, 0.3) is 0 Å². The van der Waals surface area contributed by atoms with Gasteiger partial charge in [-0.3, -0.25) is 0 Å². The highest BCUT2D eigenvalue weighted by Crippen LogP contribution is 2.41. The number of anilines is 1. The molecule has 1 aromatic heterocycles. The van der Waals surface area contributed by atoms with Gasteiger partial charge in [0.1, 0.15) is 0 Å². The van der Waals surface area contributed by atoms with Crippen LogP contribution in [0.2, 0.25) is 0 Å². The van der Waals surface area contributed by atoms with Crippen molar-refractivity contribution < 1.29 is 0 Å². The number of hydrogen-bond acceptors (Lipinski definition) is 2. The van der Waals surface area contributed by atoms with Crippen LogP contribution >= 0.6 is 11.3 Å². The second-order valence-corrected chi connectivity index (χ2v) is 6.91. The molecule has 0 saturated carbocycles. The lowest BCUT2D eigenvalue weighted by Gasteiger charge is -2.31. The van der Waals surface area contributed by atoms with Crippen LogP contribution in [0, 0.1) is 0 Å². The van der Waals surface area contributed by atoms with Gasteiger partial charge in [-0.25, -0.2) is 0 Å². The summed E-state index contributed by atoms with van der Waals surface area (Å²) in [5, 5.41) is 4.45. The van der Waals surface area contributed by atoms with Crippen molar-refractivity contribution >= 4 is 17.0 Å². The zero-order chi connectivity index (χ0) is 15.5. The van der Waals surface area contributed by atoms with Gasteiger partial charge < -0.3 is 4.90 Å². The predicted molar refractivity (Wildman–Crippen MR) is 101 cm³/mol. The molecular formula is C21H21NS. The molecule has 4 rings (SSSR count). The van der Waals surface area contributed by atoms with Crippen LogP contribution in [0.15, 0.2) is 65.4 Å². The Labute approximate surface area is 142 Å². The molecule has 2 aromatic carbocycles. The Bertz CT molecular complexity index is 756. The van der Waals surface area contributed by atoms with E-state index in [1.807, 2.05) is 0 Å². The summed E-state index contributed by atoms with van der Waals surface area (Å²) in [6.07, 6.45) is 3.97. The minimum Gasteiger partial charge on any atom is -0.371 e. The lowest BCUT2D eigenvalue weighted by molar-refractivity contribution is 0.578. The minimum absolute atomic E-state index is 1.18. The lowest BCUT2D eigenvalue weighted by Crippen LogP contribution is -2.29. The quantitative estimate of drug-likeness (QED) is 0.566. The number of nitrogens with zero attached hydrogens (tertiary/aromatic N) is 1. The van der Waals surface area contributed by atoms with Crippen LogP contribution in [0.3, 0.4) is 0 Å². The zero-order valence-corrected chi connectivity index (χ0v) is 14.1. The first-order valence-corrected chi connectivity index (χ1v) is 9.34. The van der Waals surface area contributed by atoms with Crippen molar-refractivity contribution in [3.05, 3.63) is 65.4 Å². The van der Waals surface area contributed by atoms with Gasteiger partial charge in [0.2, 0.25) is 0 Å². The van der Waals surface area contributed by atoms with Crippen LogP contribution in [0.25, 0.3) is 22.3 Å². The molecule has 1 nitrogen and oxygen atoms in total. The van der Waals surface area contributed by atoms with Gasteiger partial charge in [-0.05, 0) is 58.8 Å². The molecule has 0 spiro atoms. The monoisotopic (exact) mass is 319 g/mol. The van der Waals surface area contributed by atoms with Crippen LogP contribution in [0.1, 0.15) is 19.3 Å². The van der Waals surface area contributed by atoms with Crippen molar-refractivity contribution in [3.63, 3.8) is 0 Å². The first-order chi connectivity index (χ1) is 11.4. The summed E-state index contributed by atoms with van der Waals surface area (Å²) in [5.74, 6) is 0. The molecule has 0 amide bonds. The molecule has 0 aliphatic carbocycles. The highest BCUT2D eigenvalue weighted by molar-refractivity contribution is 7.08. The standard InChI is InChI=1S/C21H21NS/c1-3-8-17(9-4-1)19-10-7-11-20(22-13-5-2-6-14-22)21(19)18-12-15-23-16-18/h1,3-4,7-12,15-16H,2,5-6,13-14H2. The van der Waals surface area contributed by atoms with Crippen molar-refractivity contribution in [1.29, 1.82) is 0 Å². The maximum absolute atomic E-state index is 2.57. The number of benzene rings is 2. The van der Waals surface area contributed by atoms with Crippen LogP contribution in [0.4, 0.5) is 5.69 Å². The molecule has 23 heavy (non-hydrogen) atoms. The van der Waals surface area contributed by atoms with Crippen molar-refractivity contribution in [2.75, 3.05) is 18.0 Å². The number of rotatable bonds is 3. The Balaban J connectivity index is 1.89. The zero-order valence-electron chi connectivity index (χ0n) is 13.2. The van der Waals surface area contributed by atoms with Gasteiger partial charge in [-0.2, -0.15) is 11.3 Å². The van der Waals surface area contributed by atoms with Gasteiger partial charge in [0, 0.05) is 24.3 Å². The van der Waals surface area contributed by atoms with Gasteiger partial charge in [-0.1, -0.05) is 42.5 Å². The molecule has 1 fully saturated rings. The van der Waals surface area contributed by atoms with Crippen molar-refractivity contribution in [3.8, 4) is 22.3 Å². The van der Waals surface area contributed by atoms with E-state index >= 15 is 0 Å². The number of piperidine rings is 1. The van der Waals surface area contributed by atoms with E-state index in [-0.39, 0.29) is 0 Å². The summed E-state index contributed by atoms with van der Waals surface area (Å²) in [4.78, 5) is 2.57. The molecular weight excluding hydrogens is 298 g/mol. The molecule has 0 radical (unpaired) electrons. The van der Waals surface area contributed by atoms with E-state index in [0.717, 1.165) is 0 Å². The van der Waals surface area contributed by atoms with E-state index < -0.39 is 0 Å². The normalized spacial score (nSPS) is 14.9. The van der Waals surface area contributed by atoms with Gasteiger partial charge in [0.05, 0.1) is 0 Å². The van der Waals surface area contributed by atoms with E-state index in [2.05, 4.69) is 70.3 Å². The average Bonchev–Trinajstić information content (AvgIpc) is 3.17. The summed E-state index contributed by atoms with van der Waals surface area (Å²) < 4.78 is 0. The third-order valence-electron chi connectivity index (χ3n) is 4.63. The summed E-state index contributed by atoms with van der Waals surface area (Å²) in [6.45, 7) is 2.35. The summed E-state index contributed by atoms with van der Waals surface area (Å²) in [5.41, 5.74) is 6.76. The molecule has 116 valence electrons. The van der Waals surface area contributed by atoms with Crippen LogP contribution in [-0.2, 0) is 0 Å². The largest absolute Gasteiger partial charge is 0.371 e. The van der Waals surface area contributed by atoms with Crippen molar-refractivity contribution in [2.45, 2.75) is 19.3 Å². The Hall–Kier alpha value is -2.06. The summed E-state index contributed by atoms with van der Waals surface area (Å²) in [6, 6.07) is 19.8. The molecule has 0 unspecified atom stereocenters. The Morgan fingerprint density at radius 2 is 1.57 bits per heavy atom. The molecule has 0 bridgehead atoms. The van der Waals surface area contributed by atoms with Crippen molar-refractivity contribution in [1.82, 2.24) is 0 Å². The molecule has 3 aromatic rings. The maximum atomic E-state index is 2.57. The lowest BCUT2D eigenvalue weighted by atomic mass is 9.93. The van der Waals surface area contributed by atoms with Gasteiger partial charge in [0.15, 0.2) is 0 Å². The fraction of sp³-hybridized carbons (Fsp3) is 0.238. The van der Waals surface area contributed by atoms with Gasteiger partial charge in [-0.15, -0.1) is 0 Å². The van der Waals surface area contributed by atoms with E-state index in [0.29, 0.717) is 0 Å². The fourth-order valence-electron chi connectivity index (χ4n) is 3.51. The smallest absolute Gasteiger partial charge is 0.0452 e. The third kappa shape index (κ3) is 2.91. The SMILES string of the molecule is c1ccc(-c2cccc(N3CCCCC3)c2-c2ccsc2)cc1. The predicted octanol–water partition coefficient (Wildman–Crippen LogP) is 6.07. The summed E-state index contributed by atoms with van der Waals surface area (Å²) in [7, 11) is 0. The molecule has 2 heterocycles. The minimum atomic E-state index is 1.18. The Morgan fingerprint density at radius 1 is 0.739 bits per heavy atom. The Kier molecular flexibility index (Phi) is 4.16. The molecule has 1 aliphatic rings. The van der Waals surface area contributed by atoms with E-state index in [1.165, 1.54) is 60.3 Å². The molecule has 0 atom stereocenters. The van der Waals surface area contributed by atoms with Crippen LogP contribution in [0.5, 0.6) is 0 Å². The second-order valence-electron chi connectivity index (χ2n) is 6.13. The van der Waals surface area contributed by atoms with Crippen LogP contribution < -0.4 is 4.90 Å². The van der Waals surface area contributed by atoms with Gasteiger partial charge >= 0.3 is 0 Å². The Morgan fingerprint density at radius 3 is 2.30 bits per heavy atom. The molecule has 2 heteroatoms. The number of thiophene rings is 1. The highest BCUT2D eigenvalue weighted by Gasteiger charge is 2.18. The average molecular weight is 319 g/mol. The summed E-state index contributed by atoms with van der Waals surface area (Å²) >= 11 is 1.78. The second kappa shape index (κ2) is 6.59.